The molecule has 0 aliphatic heterocycles. The molecule has 0 radical (unpaired) electrons. The summed E-state index contributed by atoms with van der Waals surface area (Å²) in [6.45, 7) is 2.01. The number of aryl methyl sites for hydroxylation is 1. The Morgan fingerprint density at radius 1 is 1.03 bits per heavy atom. The monoisotopic (exact) mass is 449 g/mol. The summed E-state index contributed by atoms with van der Waals surface area (Å²) in [5.41, 5.74) is 3.91. The molecule has 1 aromatic heterocycles. The summed E-state index contributed by atoms with van der Waals surface area (Å²) < 4.78 is 1.64. The average molecular weight is 450 g/mol. The molecule has 1 N–H and O–H groups in total. The first-order chi connectivity index (χ1) is 15.1. The third kappa shape index (κ3) is 5.31. The number of amides is 1. The number of halogens is 1. The van der Waals surface area contributed by atoms with Crippen LogP contribution in [0.1, 0.15) is 22.7 Å². The zero-order chi connectivity index (χ0) is 21.6. The molecule has 0 spiro atoms. The minimum Gasteiger partial charge on any atom is -0.344 e. The standard InChI is InChI=1S/C23H20ClN5OS/c1-16-6-5-9-20(14-16)29-23(26-27-28-29)31-15-21(30)25-22(17-7-3-2-4-8-17)18-10-12-19(24)13-11-18/h2-14,22H,15H2,1H3,(H,25,30). The van der Waals surface area contributed by atoms with Gasteiger partial charge in [-0.25, -0.2) is 0 Å². The molecule has 1 amide bonds. The number of carbonyl (C=O) groups excluding carboxylic acids is 1. The lowest BCUT2D eigenvalue weighted by Crippen LogP contribution is -2.30. The van der Waals surface area contributed by atoms with Crippen LogP contribution in [0.25, 0.3) is 5.69 Å². The van der Waals surface area contributed by atoms with Crippen molar-refractivity contribution < 1.29 is 4.79 Å². The third-order valence-electron chi connectivity index (χ3n) is 4.66. The van der Waals surface area contributed by atoms with Crippen LogP contribution in [0.3, 0.4) is 0 Å². The van der Waals surface area contributed by atoms with Crippen LogP contribution in [-0.4, -0.2) is 31.9 Å². The molecule has 4 rings (SSSR count). The van der Waals surface area contributed by atoms with Crippen molar-refractivity contribution in [2.75, 3.05) is 5.75 Å². The van der Waals surface area contributed by atoms with Gasteiger partial charge in [-0.3, -0.25) is 4.79 Å². The Morgan fingerprint density at radius 3 is 2.52 bits per heavy atom. The predicted molar refractivity (Wildman–Crippen MR) is 122 cm³/mol. The number of aromatic nitrogens is 4. The number of nitrogens with one attached hydrogen (secondary N) is 1. The zero-order valence-electron chi connectivity index (χ0n) is 16.8. The fourth-order valence-electron chi connectivity index (χ4n) is 3.18. The molecule has 6 nitrogen and oxygen atoms in total. The van der Waals surface area contributed by atoms with E-state index in [-0.39, 0.29) is 17.7 Å². The van der Waals surface area contributed by atoms with Crippen molar-refractivity contribution in [3.8, 4) is 5.69 Å². The molecule has 0 saturated heterocycles. The fraction of sp³-hybridized carbons (Fsp3) is 0.130. The summed E-state index contributed by atoms with van der Waals surface area (Å²) in [5, 5.41) is 16.2. The van der Waals surface area contributed by atoms with Crippen molar-refractivity contribution in [3.05, 3.63) is 101 Å². The molecule has 0 bridgehead atoms. The molecule has 3 aromatic carbocycles. The lowest BCUT2D eigenvalue weighted by atomic mass is 9.99. The number of benzene rings is 3. The van der Waals surface area contributed by atoms with E-state index >= 15 is 0 Å². The number of thioether (sulfide) groups is 1. The molecule has 0 saturated carbocycles. The van der Waals surface area contributed by atoms with Gasteiger partial charge in [0.05, 0.1) is 17.5 Å². The van der Waals surface area contributed by atoms with Gasteiger partial charge in [0, 0.05) is 5.02 Å². The van der Waals surface area contributed by atoms with Crippen LogP contribution in [-0.2, 0) is 4.79 Å². The predicted octanol–water partition coefficient (Wildman–Crippen LogP) is 4.62. The van der Waals surface area contributed by atoms with Gasteiger partial charge in [0.2, 0.25) is 11.1 Å². The smallest absolute Gasteiger partial charge is 0.231 e. The first-order valence-corrected chi connectivity index (χ1v) is 11.0. The van der Waals surface area contributed by atoms with Gasteiger partial charge in [0.25, 0.3) is 0 Å². The number of carbonyl (C=O) groups is 1. The van der Waals surface area contributed by atoms with Gasteiger partial charge in [0.15, 0.2) is 0 Å². The zero-order valence-corrected chi connectivity index (χ0v) is 18.3. The topological polar surface area (TPSA) is 72.7 Å². The highest BCUT2D eigenvalue weighted by Crippen LogP contribution is 2.24. The lowest BCUT2D eigenvalue weighted by molar-refractivity contribution is -0.119. The van der Waals surface area contributed by atoms with Crippen LogP contribution >= 0.6 is 23.4 Å². The van der Waals surface area contributed by atoms with E-state index in [0.29, 0.717) is 10.2 Å². The van der Waals surface area contributed by atoms with E-state index in [4.69, 9.17) is 11.6 Å². The summed E-state index contributed by atoms with van der Waals surface area (Å²) in [4.78, 5) is 12.8. The fourth-order valence-corrected chi connectivity index (χ4v) is 4.01. The third-order valence-corrected chi connectivity index (χ3v) is 5.83. The number of hydrogen-bond acceptors (Lipinski definition) is 5. The number of rotatable bonds is 7. The van der Waals surface area contributed by atoms with E-state index in [9.17, 15) is 4.79 Å². The van der Waals surface area contributed by atoms with Crippen molar-refractivity contribution in [1.29, 1.82) is 0 Å². The van der Waals surface area contributed by atoms with Crippen molar-refractivity contribution >= 4 is 29.3 Å². The number of hydrogen-bond donors (Lipinski definition) is 1. The van der Waals surface area contributed by atoms with Gasteiger partial charge in [-0.05, 0) is 58.3 Å². The quantitative estimate of drug-likeness (QED) is 0.417. The SMILES string of the molecule is Cc1cccc(-n2nnnc2SCC(=O)NC(c2ccccc2)c2ccc(Cl)cc2)c1. The minimum atomic E-state index is -0.278. The second-order valence-corrected chi connectivity index (χ2v) is 8.34. The number of nitrogens with zero attached hydrogens (tertiary/aromatic N) is 4. The Kier molecular flexibility index (Phi) is 6.64. The van der Waals surface area contributed by atoms with Crippen molar-refractivity contribution in [3.63, 3.8) is 0 Å². The maximum Gasteiger partial charge on any atom is 0.231 e. The largest absolute Gasteiger partial charge is 0.344 e. The van der Waals surface area contributed by atoms with E-state index in [0.717, 1.165) is 22.4 Å². The first kappa shape index (κ1) is 21.1. The highest BCUT2D eigenvalue weighted by Gasteiger charge is 2.18. The molecule has 1 heterocycles. The van der Waals surface area contributed by atoms with Crippen LogP contribution in [0.2, 0.25) is 5.02 Å². The molecular formula is C23H20ClN5OS. The summed E-state index contributed by atoms with van der Waals surface area (Å²) >= 11 is 7.33. The summed E-state index contributed by atoms with van der Waals surface area (Å²) in [6, 6.07) is 24.9. The van der Waals surface area contributed by atoms with Crippen LogP contribution < -0.4 is 5.32 Å². The van der Waals surface area contributed by atoms with Crippen LogP contribution in [0.15, 0.2) is 84.0 Å². The van der Waals surface area contributed by atoms with Gasteiger partial charge in [0.1, 0.15) is 0 Å². The molecule has 31 heavy (non-hydrogen) atoms. The highest BCUT2D eigenvalue weighted by atomic mass is 35.5. The van der Waals surface area contributed by atoms with Gasteiger partial charge in [-0.2, -0.15) is 4.68 Å². The van der Waals surface area contributed by atoms with Gasteiger partial charge in [-0.1, -0.05) is 78.0 Å². The van der Waals surface area contributed by atoms with Crippen LogP contribution in [0.4, 0.5) is 0 Å². The Balaban J connectivity index is 1.48. The molecule has 0 aliphatic rings. The lowest BCUT2D eigenvalue weighted by Gasteiger charge is -2.20. The Bertz CT molecular complexity index is 1160. The summed E-state index contributed by atoms with van der Waals surface area (Å²) in [7, 11) is 0. The van der Waals surface area contributed by atoms with E-state index in [1.54, 1.807) is 4.68 Å². The van der Waals surface area contributed by atoms with Crippen molar-refractivity contribution in [1.82, 2.24) is 25.5 Å². The summed E-state index contributed by atoms with van der Waals surface area (Å²) in [6.07, 6.45) is 0. The van der Waals surface area contributed by atoms with Crippen LogP contribution in [0.5, 0.6) is 0 Å². The molecule has 0 fully saturated rings. The van der Waals surface area contributed by atoms with E-state index in [1.165, 1.54) is 11.8 Å². The maximum atomic E-state index is 12.8. The van der Waals surface area contributed by atoms with Crippen molar-refractivity contribution in [2.45, 2.75) is 18.1 Å². The normalized spacial score (nSPS) is 11.8. The van der Waals surface area contributed by atoms with Gasteiger partial charge >= 0.3 is 0 Å². The van der Waals surface area contributed by atoms with Gasteiger partial charge < -0.3 is 5.32 Å². The van der Waals surface area contributed by atoms with E-state index in [2.05, 4.69) is 20.8 Å². The van der Waals surface area contributed by atoms with Crippen LogP contribution in [0, 0.1) is 6.92 Å². The minimum absolute atomic E-state index is 0.118. The van der Waals surface area contributed by atoms with E-state index in [1.807, 2.05) is 85.8 Å². The Hall–Kier alpha value is -3.16. The molecular weight excluding hydrogens is 430 g/mol. The molecule has 1 atom stereocenters. The molecule has 8 heteroatoms. The maximum absolute atomic E-state index is 12.8. The Morgan fingerprint density at radius 2 is 1.77 bits per heavy atom. The highest BCUT2D eigenvalue weighted by molar-refractivity contribution is 7.99. The average Bonchev–Trinajstić information content (AvgIpc) is 3.26. The summed E-state index contributed by atoms with van der Waals surface area (Å²) in [5.74, 6) is 0.0657. The molecule has 0 aliphatic carbocycles. The molecule has 156 valence electrons. The molecule has 4 aromatic rings. The first-order valence-electron chi connectivity index (χ1n) is 9.68. The molecule has 1 unspecified atom stereocenters. The Labute approximate surface area is 189 Å². The van der Waals surface area contributed by atoms with Crippen molar-refractivity contribution in [2.24, 2.45) is 0 Å². The second-order valence-electron chi connectivity index (χ2n) is 6.96. The second kappa shape index (κ2) is 9.76. The van der Waals surface area contributed by atoms with E-state index < -0.39 is 0 Å². The van der Waals surface area contributed by atoms with Gasteiger partial charge in [-0.15, -0.1) is 5.10 Å². The number of tetrazole rings is 1.